The molecule has 0 aliphatic heterocycles. The largest absolute Gasteiger partial charge is 0.496 e. The van der Waals surface area contributed by atoms with E-state index in [1.165, 1.54) is 7.11 Å². The van der Waals surface area contributed by atoms with E-state index in [2.05, 4.69) is 0 Å². The summed E-state index contributed by atoms with van der Waals surface area (Å²) in [6.45, 7) is 0. The molecule has 0 aliphatic rings. The molecule has 82 valence electrons. The van der Waals surface area contributed by atoms with Crippen molar-refractivity contribution in [3.63, 3.8) is 0 Å². The second kappa shape index (κ2) is 4.12. The lowest BCUT2D eigenvalue weighted by Crippen LogP contribution is -2.14. The molecule has 0 aromatic heterocycles. The number of nitrogens with two attached hydrogens (primary N) is 2. The molecule has 0 saturated carbocycles. The number of alkyl halides is 2. The van der Waals surface area contributed by atoms with Crippen LogP contribution in [0.2, 0.25) is 0 Å². The summed E-state index contributed by atoms with van der Waals surface area (Å²) in [5.74, 6) is -0.912. The zero-order valence-electron chi connectivity index (χ0n) is 7.96. The number of carbonyl (C=O) groups excluding carboxylic acids is 1. The monoisotopic (exact) mass is 216 g/mol. The molecule has 6 heteroatoms. The molecule has 0 unspecified atom stereocenters. The van der Waals surface area contributed by atoms with Crippen molar-refractivity contribution in [1.82, 2.24) is 0 Å². The zero-order valence-corrected chi connectivity index (χ0v) is 7.96. The maximum Gasteiger partial charge on any atom is 0.267 e. The standard InChI is InChI=1S/C9H10F2N2O2/c1-15-7-3-6(12)4(9(13)14)2-5(7)8(10)11/h2-3,8H,12H2,1H3,(H2,13,14). The quantitative estimate of drug-likeness (QED) is 0.748. The number of rotatable bonds is 3. The molecular formula is C9H10F2N2O2. The summed E-state index contributed by atoms with van der Waals surface area (Å²) in [5, 5.41) is 0. The van der Waals surface area contributed by atoms with Crippen LogP contribution in [0.4, 0.5) is 14.5 Å². The summed E-state index contributed by atoms with van der Waals surface area (Å²) in [6, 6.07) is 2.10. The van der Waals surface area contributed by atoms with Gasteiger partial charge in [0.1, 0.15) is 5.75 Å². The number of anilines is 1. The molecule has 0 aliphatic carbocycles. The average Bonchev–Trinajstić information content (AvgIpc) is 2.16. The summed E-state index contributed by atoms with van der Waals surface area (Å²) < 4.78 is 29.7. The zero-order chi connectivity index (χ0) is 11.6. The first kappa shape index (κ1) is 11.2. The van der Waals surface area contributed by atoms with Gasteiger partial charge in [0.2, 0.25) is 0 Å². The highest BCUT2D eigenvalue weighted by molar-refractivity contribution is 5.98. The third-order valence-electron chi connectivity index (χ3n) is 1.90. The van der Waals surface area contributed by atoms with E-state index in [-0.39, 0.29) is 17.0 Å². The van der Waals surface area contributed by atoms with Gasteiger partial charge in [-0.15, -0.1) is 0 Å². The molecule has 0 heterocycles. The Morgan fingerprint density at radius 2 is 2.07 bits per heavy atom. The molecule has 0 radical (unpaired) electrons. The van der Waals surface area contributed by atoms with Gasteiger partial charge in [0.15, 0.2) is 0 Å². The highest BCUT2D eigenvalue weighted by Gasteiger charge is 2.18. The van der Waals surface area contributed by atoms with E-state index in [4.69, 9.17) is 16.2 Å². The lowest BCUT2D eigenvalue weighted by atomic mass is 10.1. The minimum absolute atomic E-state index is 0.0174. The van der Waals surface area contributed by atoms with Gasteiger partial charge in [-0.1, -0.05) is 0 Å². The van der Waals surface area contributed by atoms with Crippen LogP contribution in [0.1, 0.15) is 22.3 Å². The highest BCUT2D eigenvalue weighted by atomic mass is 19.3. The van der Waals surface area contributed by atoms with E-state index in [9.17, 15) is 13.6 Å². The normalized spacial score (nSPS) is 10.4. The fourth-order valence-corrected chi connectivity index (χ4v) is 1.17. The third-order valence-corrected chi connectivity index (χ3v) is 1.90. The number of methoxy groups -OCH3 is 1. The van der Waals surface area contributed by atoms with Crippen LogP contribution in [-0.2, 0) is 0 Å². The summed E-state index contributed by atoms with van der Waals surface area (Å²) in [5.41, 5.74) is 9.89. The van der Waals surface area contributed by atoms with E-state index in [0.29, 0.717) is 0 Å². The Kier molecular flexibility index (Phi) is 3.08. The van der Waals surface area contributed by atoms with Crippen molar-refractivity contribution in [3.8, 4) is 5.75 Å². The van der Waals surface area contributed by atoms with E-state index >= 15 is 0 Å². The Bertz CT molecular complexity index is 394. The van der Waals surface area contributed by atoms with E-state index in [0.717, 1.165) is 12.1 Å². The Hall–Kier alpha value is -1.85. The summed E-state index contributed by atoms with van der Waals surface area (Å²) >= 11 is 0. The fourth-order valence-electron chi connectivity index (χ4n) is 1.17. The van der Waals surface area contributed by atoms with Crippen molar-refractivity contribution in [1.29, 1.82) is 0 Å². The van der Waals surface area contributed by atoms with Crippen LogP contribution < -0.4 is 16.2 Å². The number of hydrogen-bond acceptors (Lipinski definition) is 3. The molecule has 1 rings (SSSR count). The number of ether oxygens (including phenoxy) is 1. The third kappa shape index (κ3) is 2.15. The van der Waals surface area contributed by atoms with Gasteiger partial charge < -0.3 is 16.2 Å². The van der Waals surface area contributed by atoms with Gasteiger partial charge in [-0.2, -0.15) is 0 Å². The molecule has 0 atom stereocenters. The van der Waals surface area contributed by atoms with Crippen molar-refractivity contribution < 1.29 is 18.3 Å². The van der Waals surface area contributed by atoms with Gasteiger partial charge >= 0.3 is 0 Å². The number of primary amides is 1. The molecule has 0 spiro atoms. The SMILES string of the molecule is COc1cc(N)c(C(N)=O)cc1C(F)F. The number of benzene rings is 1. The minimum Gasteiger partial charge on any atom is -0.496 e. The molecule has 15 heavy (non-hydrogen) atoms. The summed E-state index contributed by atoms with van der Waals surface area (Å²) in [4.78, 5) is 10.9. The predicted molar refractivity (Wildman–Crippen MR) is 50.9 cm³/mol. The van der Waals surface area contributed by atoms with Crippen molar-refractivity contribution in [3.05, 3.63) is 23.3 Å². The van der Waals surface area contributed by atoms with Gasteiger partial charge in [0.25, 0.3) is 12.3 Å². The van der Waals surface area contributed by atoms with E-state index in [1.807, 2.05) is 0 Å². The van der Waals surface area contributed by atoms with Gasteiger partial charge in [-0.3, -0.25) is 4.79 Å². The van der Waals surface area contributed by atoms with Gasteiger partial charge in [0.05, 0.1) is 18.2 Å². The number of hydrogen-bond donors (Lipinski definition) is 2. The van der Waals surface area contributed by atoms with Crippen LogP contribution in [0, 0.1) is 0 Å². The molecule has 4 nitrogen and oxygen atoms in total. The fraction of sp³-hybridized carbons (Fsp3) is 0.222. The Morgan fingerprint density at radius 1 is 1.47 bits per heavy atom. The number of carbonyl (C=O) groups is 1. The van der Waals surface area contributed by atoms with Crippen molar-refractivity contribution in [2.24, 2.45) is 5.73 Å². The molecular weight excluding hydrogens is 206 g/mol. The van der Waals surface area contributed by atoms with Gasteiger partial charge in [0, 0.05) is 11.8 Å². The predicted octanol–water partition coefficient (Wildman–Crippen LogP) is 1.31. The molecule has 1 aromatic carbocycles. The van der Waals surface area contributed by atoms with Crippen LogP contribution in [0.15, 0.2) is 12.1 Å². The molecule has 1 amide bonds. The number of amides is 1. The second-order valence-corrected chi connectivity index (χ2v) is 2.85. The minimum atomic E-state index is -2.75. The second-order valence-electron chi connectivity index (χ2n) is 2.85. The van der Waals surface area contributed by atoms with Crippen LogP contribution in [0.25, 0.3) is 0 Å². The molecule has 0 fully saturated rings. The number of nitrogen functional groups attached to an aromatic ring is 1. The summed E-state index contributed by atoms with van der Waals surface area (Å²) in [7, 11) is 1.24. The Balaban J connectivity index is 3.37. The topological polar surface area (TPSA) is 78.3 Å². The van der Waals surface area contributed by atoms with Crippen LogP contribution in [-0.4, -0.2) is 13.0 Å². The molecule has 4 N–H and O–H groups in total. The lowest BCUT2D eigenvalue weighted by molar-refractivity contribution is 0.100. The summed E-state index contributed by atoms with van der Waals surface area (Å²) in [6.07, 6.45) is -2.75. The lowest BCUT2D eigenvalue weighted by Gasteiger charge is -2.10. The first-order chi connectivity index (χ1) is 6.97. The Morgan fingerprint density at radius 3 is 2.47 bits per heavy atom. The first-order valence-corrected chi connectivity index (χ1v) is 4.02. The Labute approximate surface area is 84.8 Å². The first-order valence-electron chi connectivity index (χ1n) is 4.02. The van der Waals surface area contributed by atoms with Crippen molar-refractivity contribution in [2.75, 3.05) is 12.8 Å². The average molecular weight is 216 g/mol. The van der Waals surface area contributed by atoms with Gasteiger partial charge in [-0.25, -0.2) is 8.78 Å². The van der Waals surface area contributed by atoms with Crippen molar-refractivity contribution in [2.45, 2.75) is 6.43 Å². The van der Waals surface area contributed by atoms with E-state index < -0.39 is 17.9 Å². The molecule has 0 bridgehead atoms. The number of halogens is 2. The maximum absolute atomic E-state index is 12.5. The van der Waals surface area contributed by atoms with Crippen LogP contribution in [0.3, 0.4) is 0 Å². The highest BCUT2D eigenvalue weighted by Crippen LogP contribution is 2.32. The van der Waals surface area contributed by atoms with Gasteiger partial charge in [-0.05, 0) is 6.07 Å². The molecule has 0 saturated heterocycles. The van der Waals surface area contributed by atoms with Crippen LogP contribution >= 0.6 is 0 Å². The molecule has 1 aromatic rings. The van der Waals surface area contributed by atoms with Crippen molar-refractivity contribution >= 4 is 11.6 Å². The smallest absolute Gasteiger partial charge is 0.267 e. The van der Waals surface area contributed by atoms with E-state index in [1.54, 1.807) is 0 Å². The maximum atomic E-state index is 12.5. The van der Waals surface area contributed by atoms with Crippen LogP contribution in [0.5, 0.6) is 5.75 Å².